The summed E-state index contributed by atoms with van der Waals surface area (Å²) >= 11 is 0. The minimum atomic E-state index is -0.370. The normalized spacial score (nSPS) is 10.0. The zero-order valence-electron chi connectivity index (χ0n) is 15.5. The fraction of sp³-hybridized carbons (Fsp3) is 0.130. The summed E-state index contributed by atoms with van der Waals surface area (Å²) < 4.78 is 10.7. The van der Waals surface area contributed by atoms with Gasteiger partial charge in [-0.25, -0.2) is 4.79 Å². The Hall–Kier alpha value is -3.78. The van der Waals surface area contributed by atoms with Crippen molar-refractivity contribution in [1.82, 2.24) is 0 Å². The molecule has 28 heavy (non-hydrogen) atoms. The number of methoxy groups -OCH3 is 1. The molecular weight excluding hydrogens is 352 g/mol. The quantitative estimate of drug-likeness (QED) is 0.617. The van der Waals surface area contributed by atoms with E-state index in [1.54, 1.807) is 18.2 Å². The molecule has 0 heterocycles. The van der Waals surface area contributed by atoms with Crippen molar-refractivity contribution < 1.29 is 14.3 Å². The van der Waals surface area contributed by atoms with Gasteiger partial charge in [-0.1, -0.05) is 30.3 Å². The van der Waals surface area contributed by atoms with Crippen LogP contribution in [0.5, 0.6) is 5.75 Å². The van der Waals surface area contributed by atoms with Crippen LogP contribution in [0.15, 0.2) is 72.8 Å². The van der Waals surface area contributed by atoms with E-state index in [9.17, 15) is 10.1 Å². The Morgan fingerprint density at radius 1 is 1.04 bits per heavy atom. The zero-order chi connectivity index (χ0) is 19.8. The molecule has 0 saturated heterocycles. The Balaban J connectivity index is 1.71. The van der Waals surface area contributed by atoms with E-state index in [2.05, 4.69) is 11.4 Å². The predicted molar refractivity (Wildman–Crippen MR) is 107 cm³/mol. The molecule has 0 aliphatic heterocycles. The van der Waals surface area contributed by atoms with Crippen LogP contribution in [0, 0.1) is 11.3 Å². The first-order valence-electron chi connectivity index (χ1n) is 8.81. The molecule has 5 heteroatoms. The van der Waals surface area contributed by atoms with Crippen molar-refractivity contribution in [3.8, 4) is 11.8 Å². The summed E-state index contributed by atoms with van der Waals surface area (Å²) in [5.41, 5.74) is 3.87. The zero-order valence-corrected chi connectivity index (χ0v) is 15.5. The van der Waals surface area contributed by atoms with Crippen molar-refractivity contribution in [2.45, 2.75) is 13.2 Å². The highest BCUT2D eigenvalue weighted by Gasteiger charge is 2.08. The molecule has 0 aliphatic carbocycles. The Morgan fingerprint density at radius 2 is 1.79 bits per heavy atom. The highest BCUT2D eigenvalue weighted by molar-refractivity contribution is 5.89. The number of rotatable bonds is 7. The third-order valence-corrected chi connectivity index (χ3v) is 4.22. The second kappa shape index (κ2) is 9.24. The first kappa shape index (κ1) is 19.0. The molecule has 140 valence electrons. The predicted octanol–water partition coefficient (Wildman–Crippen LogP) is 4.54. The van der Waals surface area contributed by atoms with E-state index < -0.39 is 0 Å². The Labute approximate surface area is 164 Å². The fourth-order valence-electron chi connectivity index (χ4n) is 2.70. The van der Waals surface area contributed by atoms with Crippen molar-refractivity contribution in [2.24, 2.45) is 0 Å². The molecule has 3 rings (SSSR count). The average molecular weight is 372 g/mol. The SMILES string of the molecule is COC(=O)c1ccc(NCc2cc(C#N)ccc2OCc2ccccc2)cc1. The molecule has 0 amide bonds. The van der Waals surface area contributed by atoms with Gasteiger partial charge in [-0.05, 0) is 48.0 Å². The smallest absolute Gasteiger partial charge is 0.337 e. The lowest BCUT2D eigenvalue weighted by Crippen LogP contribution is -2.05. The van der Waals surface area contributed by atoms with Crippen molar-refractivity contribution in [3.05, 3.63) is 95.1 Å². The number of nitriles is 1. The summed E-state index contributed by atoms with van der Waals surface area (Å²) in [4.78, 5) is 11.5. The second-order valence-corrected chi connectivity index (χ2v) is 6.13. The maximum atomic E-state index is 11.5. The van der Waals surface area contributed by atoms with Gasteiger partial charge < -0.3 is 14.8 Å². The highest BCUT2D eigenvalue weighted by Crippen LogP contribution is 2.23. The van der Waals surface area contributed by atoms with Gasteiger partial charge in [0.05, 0.1) is 24.3 Å². The standard InChI is InChI=1S/C23H20N2O3/c1-27-23(26)19-8-10-21(11-9-19)25-15-20-13-18(14-24)7-12-22(20)28-16-17-5-3-2-4-6-17/h2-13,25H,15-16H2,1H3. The third-order valence-electron chi connectivity index (χ3n) is 4.22. The van der Waals surface area contributed by atoms with Crippen molar-refractivity contribution in [2.75, 3.05) is 12.4 Å². The Bertz CT molecular complexity index is 977. The number of hydrogen-bond acceptors (Lipinski definition) is 5. The van der Waals surface area contributed by atoms with Gasteiger partial charge in [-0.2, -0.15) is 5.26 Å². The van der Waals surface area contributed by atoms with E-state index in [-0.39, 0.29) is 5.97 Å². The average Bonchev–Trinajstić information content (AvgIpc) is 2.77. The van der Waals surface area contributed by atoms with Gasteiger partial charge in [0, 0.05) is 17.8 Å². The van der Waals surface area contributed by atoms with Crippen molar-refractivity contribution >= 4 is 11.7 Å². The number of carbonyl (C=O) groups excluding carboxylic acids is 1. The molecule has 0 saturated carbocycles. The van der Waals surface area contributed by atoms with E-state index in [1.165, 1.54) is 7.11 Å². The lowest BCUT2D eigenvalue weighted by Gasteiger charge is -2.14. The topological polar surface area (TPSA) is 71.3 Å². The van der Waals surface area contributed by atoms with Gasteiger partial charge in [-0.3, -0.25) is 0 Å². The van der Waals surface area contributed by atoms with E-state index in [0.717, 1.165) is 22.6 Å². The number of carbonyl (C=O) groups is 1. The lowest BCUT2D eigenvalue weighted by atomic mass is 10.1. The maximum absolute atomic E-state index is 11.5. The summed E-state index contributed by atoms with van der Waals surface area (Å²) in [7, 11) is 1.35. The molecule has 0 radical (unpaired) electrons. The van der Waals surface area contributed by atoms with Crippen LogP contribution in [0.1, 0.15) is 27.0 Å². The highest BCUT2D eigenvalue weighted by atomic mass is 16.5. The van der Waals surface area contributed by atoms with Crippen LogP contribution in [0.3, 0.4) is 0 Å². The second-order valence-electron chi connectivity index (χ2n) is 6.13. The molecule has 3 aromatic carbocycles. The first-order valence-corrected chi connectivity index (χ1v) is 8.81. The molecule has 0 atom stereocenters. The summed E-state index contributed by atoms with van der Waals surface area (Å²) in [5, 5.41) is 12.5. The molecule has 0 unspecified atom stereocenters. The Morgan fingerprint density at radius 3 is 2.46 bits per heavy atom. The fourth-order valence-corrected chi connectivity index (χ4v) is 2.70. The van der Waals surface area contributed by atoms with Gasteiger partial charge in [0.15, 0.2) is 0 Å². The summed E-state index contributed by atoms with van der Waals surface area (Å²) in [6, 6.07) is 24.5. The van der Waals surface area contributed by atoms with Gasteiger partial charge in [0.2, 0.25) is 0 Å². The number of nitrogens with zero attached hydrogens (tertiary/aromatic N) is 1. The first-order chi connectivity index (χ1) is 13.7. The molecule has 5 nitrogen and oxygen atoms in total. The van der Waals surface area contributed by atoms with Crippen molar-refractivity contribution in [3.63, 3.8) is 0 Å². The van der Waals surface area contributed by atoms with Gasteiger partial charge >= 0.3 is 5.97 Å². The molecule has 0 bridgehead atoms. The number of anilines is 1. The number of benzene rings is 3. The lowest BCUT2D eigenvalue weighted by molar-refractivity contribution is 0.0601. The molecular formula is C23H20N2O3. The van der Waals surface area contributed by atoms with E-state index >= 15 is 0 Å². The van der Waals surface area contributed by atoms with Crippen LogP contribution in [0.2, 0.25) is 0 Å². The van der Waals surface area contributed by atoms with Gasteiger partial charge in [0.25, 0.3) is 0 Å². The maximum Gasteiger partial charge on any atom is 0.337 e. The van der Waals surface area contributed by atoms with Crippen LogP contribution in [-0.2, 0) is 17.9 Å². The number of esters is 1. The summed E-state index contributed by atoms with van der Waals surface area (Å²) in [6.45, 7) is 0.935. The van der Waals surface area contributed by atoms with Crippen LogP contribution in [-0.4, -0.2) is 13.1 Å². The van der Waals surface area contributed by atoms with E-state index in [1.807, 2.05) is 54.6 Å². The molecule has 1 N–H and O–H groups in total. The third kappa shape index (κ3) is 4.89. The minimum absolute atomic E-state index is 0.370. The summed E-state index contributed by atoms with van der Waals surface area (Å²) in [5.74, 6) is 0.353. The molecule has 3 aromatic rings. The van der Waals surface area contributed by atoms with Crippen LogP contribution in [0.4, 0.5) is 5.69 Å². The largest absolute Gasteiger partial charge is 0.489 e. The Kier molecular flexibility index (Phi) is 6.27. The number of nitrogens with one attached hydrogen (secondary N) is 1. The van der Waals surface area contributed by atoms with Crippen LogP contribution >= 0.6 is 0 Å². The van der Waals surface area contributed by atoms with Crippen molar-refractivity contribution in [1.29, 1.82) is 5.26 Å². The van der Waals surface area contributed by atoms with Crippen LogP contribution in [0.25, 0.3) is 0 Å². The molecule has 0 aromatic heterocycles. The molecule has 0 aliphatic rings. The monoisotopic (exact) mass is 372 g/mol. The van der Waals surface area contributed by atoms with E-state index in [0.29, 0.717) is 24.3 Å². The number of ether oxygens (including phenoxy) is 2. The summed E-state index contributed by atoms with van der Waals surface area (Å²) in [6.07, 6.45) is 0. The van der Waals surface area contributed by atoms with E-state index in [4.69, 9.17) is 9.47 Å². The minimum Gasteiger partial charge on any atom is -0.489 e. The molecule has 0 spiro atoms. The van der Waals surface area contributed by atoms with Gasteiger partial charge in [0.1, 0.15) is 12.4 Å². The van der Waals surface area contributed by atoms with Gasteiger partial charge in [-0.15, -0.1) is 0 Å². The number of hydrogen-bond donors (Lipinski definition) is 1. The van der Waals surface area contributed by atoms with Crippen LogP contribution < -0.4 is 10.1 Å². The molecule has 0 fully saturated rings.